The minimum absolute atomic E-state index is 0.413. The maximum absolute atomic E-state index is 5.94. The van der Waals surface area contributed by atoms with Gasteiger partial charge in [0.05, 0.1) is 10.6 Å². The zero-order valence-corrected chi connectivity index (χ0v) is 10.5. The van der Waals surface area contributed by atoms with Crippen LogP contribution in [-0.4, -0.2) is 4.98 Å². The van der Waals surface area contributed by atoms with Crippen molar-refractivity contribution in [2.45, 2.75) is 6.92 Å². The lowest BCUT2D eigenvalue weighted by Crippen LogP contribution is -1.92. The Bertz CT molecular complexity index is 734. The maximum Gasteiger partial charge on any atom is 0.139 e. The lowest BCUT2D eigenvalue weighted by Gasteiger charge is -2.01. The first-order chi connectivity index (χ1) is 8.65. The number of furan rings is 1. The normalized spacial score (nSPS) is 11.0. The van der Waals surface area contributed by atoms with Crippen LogP contribution in [0.4, 0.5) is 5.82 Å². The number of fused-ring (bicyclic) bond motifs is 1. The third-order valence-corrected chi connectivity index (χ3v) is 3.10. The first-order valence-electron chi connectivity index (χ1n) is 5.56. The van der Waals surface area contributed by atoms with Crippen LogP contribution in [0.5, 0.6) is 0 Å². The van der Waals surface area contributed by atoms with Crippen LogP contribution in [0.2, 0.25) is 5.02 Å². The maximum atomic E-state index is 5.94. The van der Waals surface area contributed by atoms with E-state index in [0.717, 1.165) is 22.1 Å². The number of aromatic nitrogens is 1. The summed E-state index contributed by atoms with van der Waals surface area (Å²) in [5.74, 6) is 1.10. The van der Waals surface area contributed by atoms with Gasteiger partial charge in [-0.25, -0.2) is 4.98 Å². The highest BCUT2D eigenvalue weighted by Crippen LogP contribution is 2.33. The summed E-state index contributed by atoms with van der Waals surface area (Å²) in [6.45, 7) is 2.01. The molecule has 2 N–H and O–H groups in total. The lowest BCUT2D eigenvalue weighted by atomic mass is 10.1. The van der Waals surface area contributed by atoms with Crippen LogP contribution in [0.25, 0.3) is 22.3 Å². The third-order valence-electron chi connectivity index (χ3n) is 2.89. The summed E-state index contributed by atoms with van der Waals surface area (Å²) in [6.07, 6.45) is 1.52. The van der Waals surface area contributed by atoms with E-state index in [1.807, 2.05) is 31.2 Å². The molecule has 2 aromatic heterocycles. The smallest absolute Gasteiger partial charge is 0.139 e. The predicted octanol–water partition coefficient (Wildman–Crippen LogP) is 4.04. The number of hydrogen-bond donors (Lipinski definition) is 1. The van der Waals surface area contributed by atoms with Crippen molar-refractivity contribution < 1.29 is 4.42 Å². The molecular formula is C14H11ClN2O. The largest absolute Gasteiger partial charge is 0.456 e. The molecule has 3 nitrogen and oxygen atoms in total. The summed E-state index contributed by atoms with van der Waals surface area (Å²) >= 11 is 5.94. The Morgan fingerprint density at radius 1 is 1.28 bits per heavy atom. The minimum atomic E-state index is 0.413. The quantitative estimate of drug-likeness (QED) is 0.717. The number of benzene rings is 1. The summed E-state index contributed by atoms with van der Waals surface area (Å²) in [5.41, 5.74) is 8.53. The Labute approximate surface area is 109 Å². The van der Waals surface area contributed by atoms with Crippen LogP contribution in [0.1, 0.15) is 5.56 Å². The van der Waals surface area contributed by atoms with E-state index < -0.39 is 0 Å². The van der Waals surface area contributed by atoms with Gasteiger partial charge in [0, 0.05) is 11.6 Å². The van der Waals surface area contributed by atoms with E-state index >= 15 is 0 Å². The number of para-hydroxylation sites is 1. The Hall–Kier alpha value is -2.00. The van der Waals surface area contributed by atoms with Crippen molar-refractivity contribution in [1.82, 2.24) is 4.98 Å². The molecule has 0 amide bonds. The van der Waals surface area contributed by atoms with E-state index in [1.165, 1.54) is 6.20 Å². The molecule has 0 saturated carbocycles. The summed E-state index contributed by atoms with van der Waals surface area (Å²) in [6, 6.07) is 9.72. The van der Waals surface area contributed by atoms with E-state index in [2.05, 4.69) is 4.98 Å². The zero-order chi connectivity index (χ0) is 12.7. The Balaban J connectivity index is 2.26. The fourth-order valence-electron chi connectivity index (χ4n) is 1.99. The SMILES string of the molecule is Cc1cccc2cc(-c3cc(Cl)cnc3N)oc12. The summed E-state index contributed by atoms with van der Waals surface area (Å²) in [5, 5.41) is 1.58. The number of nitrogen functional groups attached to an aromatic ring is 1. The molecule has 0 aliphatic rings. The minimum Gasteiger partial charge on any atom is -0.456 e. The Morgan fingerprint density at radius 2 is 2.11 bits per heavy atom. The van der Waals surface area contributed by atoms with Gasteiger partial charge >= 0.3 is 0 Å². The zero-order valence-electron chi connectivity index (χ0n) is 9.77. The van der Waals surface area contributed by atoms with E-state index in [4.69, 9.17) is 21.8 Å². The van der Waals surface area contributed by atoms with Gasteiger partial charge in [0.25, 0.3) is 0 Å². The number of halogens is 1. The molecule has 0 fully saturated rings. The van der Waals surface area contributed by atoms with Gasteiger partial charge in [0.15, 0.2) is 0 Å². The molecule has 3 rings (SSSR count). The molecule has 3 aromatic rings. The van der Waals surface area contributed by atoms with E-state index in [9.17, 15) is 0 Å². The summed E-state index contributed by atoms with van der Waals surface area (Å²) < 4.78 is 5.84. The number of nitrogens with two attached hydrogens (primary N) is 1. The molecule has 18 heavy (non-hydrogen) atoms. The highest BCUT2D eigenvalue weighted by molar-refractivity contribution is 6.30. The fraction of sp³-hybridized carbons (Fsp3) is 0.0714. The van der Waals surface area contributed by atoms with Gasteiger partial charge in [-0.2, -0.15) is 0 Å². The molecule has 0 aliphatic heterocycles. The second-order valence-corrected chi connectivity index (χ2v) is 4.63. The van der Waals surface area contributed by atoms with E-state index in [-0.39, 0.29) is 0 Å². The molecule has 0 radical (unpaired) electrons. The summed E-state index contributed by atoms with van der Waals surface area (Å²) in [4.78, 5) is 4.03. The van der Waals surface area contributed by atoms with Crippen molar-refractivity contribution >= 4 is 28.4 Å². The monoisotopic (exact) mass is 258 g/mol. The number of rotatable bonds is 1. The molecule has 2 heterocycles. The molecule has 0 unspecified atom stereocenters. The standard InChI is InChI=1S/C14H11ClN2O/c1-8-3-2-4-9-5-12(18-13(8)9)11-6-10(15)7-17-14(11)16/h2-7H,1H3,(H2,16,17). The van der Waals surface area contributed by atoms with Crippen molar-refractivity contribution in [3.05, 3.63) is 47.1 Å². The first-order valence-corrected chi connectivity index (χ1v) is 5.93. The van der Waals surface area contributed by atoms with E-state index in [0.29, 0.717) is 16.6 Å². The van der Waals surface area contributed by atoms with Crippen molar-refractivity contribution in [2.75, 3.05) is 5.73 Å². The van der Waals surface area contributed by atoms with Crippen molar-refractivity contribution in [1.29, 1.82) is 0 Å². The van der Waals surface area contributed by atoms with Gasteiger partial charge in [-0.1, -0.05) is 29.8 Å². The molecule has 0 bridgehead atoms. The second kappa shape index (κ2) is 4.03. The van der Waals surface area contributed by atoms with Crippen LogP contribution >= 0.6 is 11.6 Å². The van der Waals surface area contributed by atoms with Gasteiger partial charge < -0.3 is 10.2 Å². The summed E-state index contributed by atoms with van der Waals surface area (Å²) in [7, 11) is 0. The molecule has 0 spiro atoms. The predicted molar refractivity (Wildman–Crippen MR) is 73.6 cm³/mol. The van der Waals surface area contributed by atoms with Gasteiger partial charge in [-0.3, -0.25) is 0 Å². The van der Waals surface area contributed by atoms with Gasteiger partial charge in [-0.05, 0) is 24.6 Å². The van der Waals surface area contributed by atoms with Crippen LogP contribution in [0.3, 0.4) is 0 Å². The average Bonchev–Trinajstić information content (AvgIpc) is 2.77. The molecule has 90 valence electrons. The first kappa shape index (κ1) is 11.1. The molecule has 0 saturated heterocycles. The number of nitrogens with zero attached hydrogens (tertiary/aromatic N) is 1. The van der Waals surface area contributed by atoms with Gasteiger partial charge in [0.2, 0.25) is 0 Å². The fourth-order valence-corrected chi connectivity index (χ4v) is 2.15. The third kappa shape index (κ3) is 1.73. The van der Waals surface area contributed by atoms with E-state index in [1.54, 1.807) is 6.07 Å². The van der Waals surface area contributed by atoms with Crippen LogP contribution in [0.15, 0.2) is 40.9 Å². The Morgan fingerprint density at radius 3 is 2.89 bits per heavy atom. The average molecular weight is 259 g/mol. The topological polar surface area (TPSA) is 52.0 Å². The van der Waals surface area contributed by atoms with Crippen molar-refractivity contribution in [3.63, 3.8) is 0 Å². The number of hydrogen-bond acceptors (Lipinski definition) is 3. The highest BCUT2D eigenvalue weighted by Gasteiger charge is 2.11. The molecule has 1 aromatic carbocycles. The number of anilines is 1. The van der Waals surface area contributed by atoms with Crippen LogP contribution in [0, 0.1) is 6.92 Å². The molecular weight excluding hydrogens is 248 g/mol. The highest BCUT2D eigenvalue weighted by atomic mass is 35.5. The number of pyridine rings is 1. The van der Waals surface area contributed by atoms with Gasteiger partial charge in [0.1, 0.15) is 17.2 Å². The lowest BCUT2D eigenvalue weighted by molar-refractivity contribution is 0.629. The number of aryl methyl sites for hydroxylation is 1. The van der Waals surface area contributed by atoms with Crippen molar-refractivity contribution in [3.8, 4) is 11.3 Å². The Kier molecular flexibility index (Phi) is 2.49. The van der Waals surface area contributed by atoms with Crippen LogP contribution < -0.4 is 5.73 Å². The molecule has 4 heteroatoms. The van der Waals surface area contributed by atoms with Crippen LogP contribution in [-0.2, 0) is 0 Å². The second-order valence-electron chi connectivity index (χ2n) is 4.19. The molecule has 0 atom stereocenters. The van der Waals surface area contributed by atoms with Gasteiger partial charge in [-0.15, -0.1) is 0 Å². The van der Waals surface area contributed by atoms with Crippen molar-refractivity contribution in [2.24, 2.45) is 0 Å². The molecule has 0 aliphatic carbocycles.